The summed E-state index contributed by atoms with van der Waals surface area (Å²) in [4.78, 5) is 30.3. The number of fused-ring (bicyclic) bond motifs is 1. The van der Waals surface area contributed by atoms with Gasteiger partial charge in [-0.3, -0.25) is 9.55 Å². The molecule has 0 aliphatic heterocycles. The molecule has 0 aliphatic carbocycles. The molecule has 0 radical (unpaired) electrons. The van der Waals surface area contributed by atoms with Crippen molar-refractivity contribution in [3.63, 3.8) is 0 Å². The van der Waals surface area contributed by atoms with E-state index in [1.54, 1.807) is 0 Å². The molecule has 13 heavy (non-hydrogen) atoms. The normalized spacial score (nSPS) is 10.9. The van der Waals surface area contributed by atoms with Gasteiger partial charge in [-0.2, -0.15) is 4.98 Å². The Morgan fingerprint density at radius 2 is 2.08 bits per heavy atom. The van der Waals surface area contributed by atoms with Crippen LogP contribution in [0.1, 0.15) is 0 Å². The Balaban J connectivity index is 3.13. The SMILES string of the molecule is Cn1c(=O)nc(Cl)c2[nH]c(=O)[nH]c21. The molecule has 0 fully saturated rings. The van der Waals surface area contributed by atoms with Crippen LogP contribution >= 0.6 is 11.6 Å². The highest BCUT2D eigenvalue weighted by Gasteiger charge is 2.08. The molecule has 0 spiro atoms. The summed E-state index contributed by atoms with van der Waals surface area (Å²) in [6.07, 6.45) is 0. The summed E-state index contributed by atoms with van der Waals surface area (Å²) in [7, 11) is 1.50. The fourth-order valence-corrected chi connectivity index (χ4v) is 1.29. The fraction of sp³-hybridized carbons (Fsp3) is 0.167. The maximum atomic E-state index is 11.1. The molecule has 6 nitrogen and oxygen atoms in total. The average molecular weight is 201 g/mol. The molecule has 2 aromatic heterocycles. The number of H-pyrrole nitrogens is 2. The smallest absolute Gasteiger partial charge is 0.302 e. The van der Waals surface area contributed by atoms with Crippen LogP contribution in [0.25, 0.3) is 11.2 Å². The summed E-state index contributed by atoms with van der Waals surface area (Å²) < 4.78 is 1.21. The highest BCUT2D eigenvalue weighted by molar-refractivity contribution is 6.33. The van der Waals surface area contributed by atoms with E-state index in [4.69, 9.17) is 11.6 Å². The summed E-state index contributed by atoms with van der Waals surface area (Å²) in [6, 6.07) is 0. The van der Waals surface area contributed by atoms with Crippen molar-refractivity contribution in [1.82, 2.24) is 19.5 Å². The minimum Gasteiger partial charge on any atom is -0.302 e. The van der Waals surface area contributed by atoms with Gasteiger partial charge in [0.2, 0.25) is 0 Å². The van der Waals surface area contributed by atoms with E-state index in [0.29, 0.717) is 11.2 Å². The zero-order valence-corrected chi connectivity index (χ0v) is 7.34. The molecule has 68 valence electrons. The van der Waals surface area contributed by atoms with Crippen LogP contribution in [0.5, 0.6) is 0 Å². The zero-order chi connectivity index (χ0) is 9.59. The van der Waals surface area contributed by atoms with E-state index in [1.807, 2.05) is 0 Å². The van der Waals surface area contributed by atoms with Crippen LogP contribution in [0.3, 0.4) is 0 Å². The predicted octanol–water partition coefficient (Wildman–Crippen LogP) is -0.397. The van der Waals surface area contributed by atoms with Gasteiger partial charge in [-0.05, 0) is 0 Å². The Hall–Kier alpha value is -1.56. The lowest BCUT2D eigenvalue weighted by molar-refractivity contribution is 0.841. The standard InChI is InChI=1S/C6H5ClN4O2/c1-11-4-2(8-5(12)10-4)3(7)9-6(11)13/h1H3,(H2,8,10,12). The number of imidazole rings is 1. The number of rotatable bonds is 0. The van der Waals surface area contributed by atoms with Crippen molar-refractivity contribution in [2.75, 3.05) is 0 Å². The van der Waals surface area contributed by atoms with Gasteiger partial charge in [0.1, 0.15) is 11.2 Å². The number of hydrogen-bond acceptors (Lipinski definition) is 3. The Bertz CT molecular complexity index is 578. The minimum absolute atomic E-state index is 0.00329. The van der Waals surface area contributed by atoms with Crippen molar-refractivity contribution in [2.24, 2.45) is 7.05 Å². The van der Waals surface area contributed by atoms with E-state index in [2.05, 4.69) is 15.0 Å². The molecule has 0 saturated heterocycles. The summed E-state index contributed by atoms with van der Waals surface area (Å²) in [5.74, 6) is 0. The van der Waals surface area contributed by atoms with E-state index >= 15 is 0 Å². The largest absolute Gasteiger partial charge is 0.350 e. The number of halogens is 1. The number of hydrogen-bond donors (Lipinski definition) is 2. The van der Waals surface area contributed by atoms with Gasteiger partial charge in [0, 0.05) is 7.05 Å². The van der Waals surface area contributed by atoms with Crippen molar-refractivity contribution >= 4 is 22.8 Å². The molecule has 0 unspecified atom stereocenters. The molecule has 0 saturated carbocycles. The first kappa shape index (κ1) is 8.06. The predicted molar refractivity (Wildman–Crippen MR) is 47.0 cm³/mol. The third-order valence-electron chi connectivity index (χ3n) is 1.73. The minimum atomic E-state index is -0.507. The highest BCUT2D eigenvalue weighted by Crippen LogP contribution is 2.12. The quantitative estimate of drug-likeness (QED) is 0.568. The molecule has 7 heteroatoms. The van der Waals surface area contributed by atoms with Gasteiger partial charge in [0.15, 0.2) is 5.15 Å². The number of nitrogens with one attached hydrogen (secondary N) is 2. The molecule has 0 atom stereocenters. The van der Waals surface area contributed by atoms with Crippen LogP contribution in [0.4, 0.5) is 0 Å². The molecule has 0 aromatic carbocycles. The summed E-state index contributed by atoms with van der Waals surface area (Å²) in [6.45, 7) is 0. The monoisotopic (exact) mass is 200 g/mol. The van der Waals surface area contributed by atoms with E-state index in [9.17, 15) is 9.59 Å². The molecular formula is C6H5ClN4O2. The van der Waals surface area contributed by atoms with Crippen LogP contribution in [-0.2, 0) is 7.05 Å². The molecule has 0 aliphatic rings. The van der Waals surface area contributed by atoms with Gasteiger partial charge in [0.05, 0.1) is 0 Å². The zero-order valence-electron chi connectivity index (χ0n) is 6.59. The van der Waals surface area contributed by atoms with Gasteiger partial charge < -0.3 is 4.98 Å². The lowest BCUT2D eigenvalue weighted by Crippen LogP contribution is -2.20. The number of aromatic amines is 2. The van der Waals surface area contributed by atoms with E-state index in [0.717, 1.165) is 0 Å². The molecular weight excluding hydrogens is 196 g/mol. The van der Waals surface area contributed by atoms with Crippen molar-refractivity contribution in [3.05, 3.63) is 26.1 Å². The first-order chi connectivity index (χ1) is 6.09. The molecule has 0 bridgehead atoms. The van der Waals surface area contributed by atoms with Crippen LogP contribution in [0, 0.1) is 0 Å². The van der Waals surface area contributed by atoms with Crippen LogP contribution in [-0.4, -0.2) is 19.5 Å². The second-order valence-corrected chi connectivity index (χ2v) is 2.90. The fourth-order valence-electron chi connectivity index (χ4n) is 1.09. The Kier molecular flexibility index (Phi) is 1.53. The Morgan fingerprint density at radius 1 is 1.38 bits per heavy atom. The second-order valence-electron chi connectivity index (χ2n) is 2.55. The van der Waals surface area contributed by atoms with Crippen molar-refractivity contribution < 1.29 is 0 Å². The second kappa shape index (κ2) is 2.46. The third kappa shape index (κ3) is 1.06. The van der Waals surface area contributed by atoms with Gasteiger partial charge in [-0.15, -0.1) is 0 Å². The van der Waals surface area contributed by atoms with Gasteiger partial charge in [-0.25, -0.2) is 9.59 Å². The number of aryl methyl sites for hydroxylation is 1. The first-order valence-electron chi connectivity index (χ1n) is 3.44. The number of aromatic nitrogens is 4. The lowest BCUT2D eigenvalue weighted by atomic mass is 10.5. The molecule has 2 aromatic rings. The maximum Gasteiger partial charge on any atom is 0.350 e. The van der Waals surface area contributed by atoms with Gasteiger partial charge in [-0.1, -0.05) is 11.6 Å². The van der Waals surface area contributed by atoms with Crippen molar-refractivity contribution in [1.29, 1.82) is 0 Å². The van der Waals surface area contributed by atoms with Gasteiger partial charge in [0.25, 0.3) is 0 Å². The van der Waals surface area contributed by atoms with Crippen molar-refractivity contribution in [3.8, 4) is 0 Å². The van der Waals surface area contributed by atoms with E-state index < -0.39 is 11.4 Å². The van der Waals surface area contributed by atoms with E-state index in [-0.39, 0.29) is 5.15 Å². The highest BCUT2D eigenvalue weighted by atomic mass is 35.5. The third-order valence-corrected chi connectivity index (χ3v) is 2.00. The van der Waals surface area contributed by atoms with Crippen molar-refractivity contribution in [2.45, 2.75) is 0 Å². The molecule has 2 heterocycles. The maximum absolute atomic E-state index is 11.1. The summed E-state index contributed by atoms with van der Waals surface area (Å²) >= 11 is 5.63. The first-order valence-corrected chi connectivity index (χ1v) is 3.82. The van der Waals surface area contributed by atoms with Gasteiger partial charge >= 0.3 is 11.4 Å². The van der Waals surface area contributed by atoms with Crippen LogP contribution in [0.15, 0.2) is 9.59 Å². The molecule has 0 amide bonds. The number of nitrogens with zero attached hydrogens (tertiary/aromatic N) is 2. The molecule has 2 rings (SSSR count). The van der Waals surface area contributed by atoms with Crippen LogP contribution < -0.4 is 11.4 Å². The van der Waals surface area contributed by atoms with E-state index in [1.165, 1.54) is 11.6 Å². The summed E-state index contributed by atoms with van der Waals surface area (Å²) in [5, 5.41) is -0.00329. The topological polar surface area (TPSA) is 83.5 Å². The molecule has 2 N–H and O–H groups in total. The average Bonchev–Trinajstić information content (AvgIpc) is 2.44. The summed E-state index contributed by atoms with van der Waals surface area (Å²) in [5.41, 5.74) is -0.239. The Labute approximate surface area is 76.2 Å². The Morgan fingerprint density at radius 3 is 2.77 bits per heavy atom. The lowest BCUT2D eigenvalue weighted by Gasteiger charge is -1.97. The van der Waals surface area contributed by atoms with Crippen LogP contribution in [0.2, 0.25) is 5.15 Å².